The highest BCUT2D eigenvalue weighted by atomic mass is 35.5. The highest BCUT2D eigenvalue weighted by molar-refractivity contribution is 7.99. The van der Waals surface area contributed by atoms with E-state index in [1.165, 1.54) is 0 Å². The van der Waals surface area contributed by atoms with Crippen LogP contribution in [0.3, 0.4) is 0 Å². The van der Waals surface area contributed by atoms with E-state index in [1.54, 1.807) is 11.8 Å². The van der Waals surface area contributed by atoms with Gasteiger partial charge in [0.25, 0.3) is 0 Å². The van der Waals surface area contributed by atoms with Gasteiger partial charge in [-0.15, -0.1) is 11.8 Å². The van der Waals surface area contributed by atoms with E-state index in [1.807, 2.05) is 83.8 Å². The van der Waals surface area contributed by atoms with E-state index >= 15 is 0 Å². The average molecular weight is 394 g/mol. The van der Waals surface area contributed by atoms with Gasteiger partial charge in [0.1, 0.15) is 5.37 Å². The zero-order chi connectivity index (χ0) is 18.6. The molecule has 1 atom stereocenters. The SMILES string of the molecule is O=C(C(c1ccccc1)c1ccccc1)N1CCS[C@H]1c1cccc(Cl)c1. The smallest absolute Gasteiger partial charge is 0.235 e. The van der Waals surface area contributed by atoms with Crippen molar-refractivity contribution in [3.63, 3.8) is 0 Å². The zero-order valence-corrected chi connectivity index (χ0v) is 16.4. The van der Waals surface area contributed by atoms with Gasteiger partial charge in [-0.2, -0.15) is 0 Å². The lowest BCUT2D eigenvalue weighted by molar-refractivity contribution is -0.132. The van der Waals surface area contributed by atoms with Crippen LogP contribution in [-0.4, -0.2) is 23.1 Å². The number of nitrogens with zero attached hydrogens (tertiary/aromatic N) is 1. The summed E-state index contributed by atoms with van der Waals surface area (Å²) in [5.41, 5.74) is 3.13. The van der Waals surface area contributed by atoms with Gasteiger partial charge < -0.3 is 4.90 Å². The topological polar surface area (TPSA) is 20.3 Å². The second kappa shape index (κ2) is 8.20. The quantitative estimate of drug-likeness (QED) is 0.562. The van der Waals surface area contributed by atoms with Crippen molar-refractivity contribution in [2.24, 2.45) is 0 Å². The fourth-order valence-corrected chi connectivity index (χ4v) is 5.02. The number of carbonyl (C=O) groups is 1. The van der Waals surface area contributed by atoms with Crippen LogP contribution in [0.15, 0.2) is 84.9 Å². The van der Waals surface area contributed by atoms with E-state index in [0.29, 0.717) is 5.02 Å². The molecule has 0 radical (unpaired) electrons. The van der Waals surface area contributed by atoms with Crippen LogP contribution in [0.5, 0.6) is 0 Å². The van der Waals surface area contributed by atoms with E-state index in [9.17, 15) is 4.79 Å². The van der Waals surface area contributed by atoms with Crippen LogP contribution in [-0.2, 0) is 4.79 Å². The normalized spacial score (nSPS) is 16.7. The lowest BCUT2D eigenvalue weighted by atomic mass is 9.90. The third-order valence-corrected chi connectivity index (χ3v) is 6.32. The Bertz CT molecular complexity index is 876. The molecule has 1 saturated heterocycles. The van der Waals surface area contributed by atoms with Crippen molar-refractivity contribution in [1.82, 2.24) is 4.90 Å². The molecule has 1 aliphatic rings. The van der Waals surface area contributed by atoms with Gasteiger partial charge >= 0.3 is 0 Å². The zero-order valence-electron chi connectivity index (χ0n) is 14.8. The summed E-state index contributed by atoms with van der Waals surface area (Å²) in [7, 11) is 0. The van der Waals surface area contributed by atoms with Crippen LogP contribution in [0.1, 0.15) is 28.0 Å². The summed E-state index contributed by atoms with van der Waals surface area (Å²) in [5.74, 6) is 0.773. The van der Waals surface area contributed by atoms with Crippen LogP contribution in [0.4, 0.5) is 0 Å². The van der Waals surface area contributed by atoms with Crippen LogP contribution in [0.2, 0.25) is 5.02 Å². The molecule has 0 bridgehead atoms. The third kappa shape index (κ3) is 3.90. The van der Waals surface area contributed by atoms with E-state index in [4.69, 9.17) is 11.6 Å². The number of halogens is 1. The first-order valence-corrected chi connectivity index (χ1v) is 10.4. The summed E-state index contributed by atoms with van der Waals surface area (Å²) in [5, 5.41) is 0.709. The Morgan fingerprint density at radius 3 is 2.15 bits per heavy atom. The Morgan fingerprint density at radius 2 is 1.56 bits per heavy atom. The summed E-state index contributed by atoms with van der Waals surface area (Å²) in [6.45, 7) is 0.747. The molecule has 0 aromatic heterocycles. The number of thioether (sulfide) groups is 1. The van der Waals surface area contributed by atoms with Crippen LogP contribution < -0.4 is 0 Å². The summed E-state index contributed by atoms with van der Waals surface area (Å²) >= 11 is 7.99. The lowest BCUT2D eigenvalue weighted by Gasteiger charge is -2.29. The van der Waals surface area contributed by atoms with Crippen molar-refractivity contribution in [3.8, 4) is 0 Å². The number of rotatable bonds is 4. The molecule has 136 valence electrons. The van der Waals surface area contributed by atoms with Gasteiger partial charge in [-0.05, 0) is 28.8 Å². The summed E-state index contributed by atoms with van der Waals surface area (Å²) in [6, 6.07) is 27.9. The Kier molecular flexibility index (Phi) is 5.51. The Balaban J connectivity index is 1.71. The van der Waals surface area contributed by atoms with E-state index < -0.39 is 0 Å². The van der Waals surface area contributed by atoms with Crippen molar-refractivity contribution < 1.29 is 4.79 Å². The largest absolute Gasteiger partial charge is 0.325 e. The molecule has 1 fully saturated rings. The number of amides is 1. The molecular weight excluding hydrogens is 374 g/mol. The Hall–Kier alpha value is -2.23. The van der Waals surface area contributed by atoms with Gasteiger partial charge in [0.15, 0.2) is 0 Å². The van der Waals surface area contributed by atoms with Crippen molar-refractivity contribution in [1.29, 1.82) is 0 Å². The Morgan fingerprint density at radius 1 is 0.926 bits per heavy atom. The summed E-state index contributed by atoms with van der Waals surface area (Å²) < 4.78 is 0. The standard InChI is InChI=1S/C23H20ClNOS/c24-20-13-7-12-19(16-20)23-25(14-15-27-23)22(26)21(17-8-3-1-4-9-17)18-10-5-2-6-11-18/h1-13,16,21,23H,14-15H2/t23-/m0/s1. The minimum atomic E-state index is -0.298. The number of carbonyl (C=O) groups excluding carboxylic acids is 1. The molecule has 1 aliphatic heterocycles. The maximum atomic E-state index is 13.7. The van der Waals surface area contributed by atoms with Crippen molar-refractivity contribution in [2.45, 2.75) is 11.3 Å². The first-order chi connectivity index (χ1) is 13.2. The maximum absolute atomic E-state index is 13.7. The lowest BCUT2D eigenvalue weighted by Crippen LogP contribution is -2.35. The third-order valence-electron chi connectivity index (χ3n) is 4.82. The molecule has 1 heterocycles. The molecule has 0 spiro atoms. The van der Waals surface area contributed by atoms with Gasteiger partial charge in [0.05, 0.1) is 5.92 Å². The molecule has 0 unspecified atom stereocenters. The predicted molar refractivity (Wildman–Crippen MR) is 113 cm³/mol. The maximum Gasteiger partial charge on any atom is 0.235 e. The molecule has 0 saturated carbocycles. The Labute approximate surface area is 169 Å². The van der Waals surface area contributed by atoms with E-state index in [-0.39, 0.29) is 17.2 Å². The first kappa shape index (κ1) is 18.1. The minimum Gasteiger partial charge on any atom is -0.325 e. The van der Waals surface area contributed by atoms with E-state index in [0.717, 1.165) is 29.0 Å². The second-order valence-electron chi connectivity index (χ2n) is 6.56. The minimum absolute atomic E-state index is 0.00567. The molecule has 2 nitrogen and oxygen atoms in total. The highest BCUT2D eigenvalue weighted by Gasteiger charge is 2.35. The van der Waals surface area contributed by atoms with Gasteiger partial charge in [0, 0.05) is 17.3 Å². The summed E-state index contributed by atoms with van der Waals surface area (Å²) in [4.78, 5) is 15.7. The van der Waals surface area contributed by atoms with Crippen molar-refractivity contribution >= 4 is 29.3 Å². The van der Waals surface area contributed by atoms with Gasteiger partial charge in [0.2, 0.25) is 5.91 Å². The molecule has 4 heteroatoms. The number of hydrogen-bond acceptors (Lipinski definition) is 2. The predicted octanol–water partition coefficient (Wildman–Crippen LogP) is 5.75. The first-order valence-electron chi connectivity index (χ1n) is 9.01. The number of hydrogen-bond donors (Lipinski definition) is 0. The van der Waals surface area contributed by atoms with Gasteiger partial charge in [-0.3, -0.25) is 4.79 Å². The molecule has 3 aromatic rings. The van der Waals surface area contributed by atoms with Crippen LogP contribution >= 0.6 is 23.4 Å². The molecular formula is C23H20ClNOS. The molecule has 1 amide bonds. The summed E-state index contributed by atoms with van der Waals surface area (Å²) in [6.07, 6.45) is 0. The molecule has 0 aliphatic carbocycles. The van der Waals surface area contributed by atoms with E-state index in [2.05, 4.69) is 6.07 Å². The van der Waals surface area contributed by atoms with Crippen molar-refractivity contribution in [2.75, 3.05) is 12.3 Å². The molecule has 4 rings (SSSR count). The molecule has 27 heavy (non-hydrogen) atoms. The molecule has 3 aromatic carbocycles. The highest BCUT2D eigenvalue weighted by Crippen LogP contribution is 2.41. The van der Waals surface area contributed by atoms with Gasteiger partial charge in [-0.1, -0.05) is 84.4 Å². The fourth-order valence-electron chi connectivity index (χ4n) is 3.57. The molecule has 0 N–H and O–H groups in total. The van der Waals surface area contributed by atoms with Gasteiger partial charge in [-0.25, -0.2) is 0 Å². The fraction of sp³-hybridized carbons (Fsp3) is 0.174. The number of benzene rings is 3. The van der Waals surface area contributed by atoms with Crippen LogP contribution in [0.25, 0.3) is 0 Å². The monoisotopic (exact) mass is 393 g/mol. The average Bonchev–Trinajstić information content (AvgIpc) is 3.20. The second-order valence-corrected chi connectivity index (χ2v) is 8.19. The van der Waals surface area contributed by atoms with Crippen molar-refractivity contribution in [3.05, 3.63) is 107 Å². The van der Waals surface area contributed by atoms with Crippen LogP contribution in [0, 0.1) is 0 Å².